The fraction of sp³-hybridized carbons (Fsp3) is 0.611. The summed E-state index contributed by atoms with van der Waals surface area (Å²) in [5.74, 6) is -2.91. The van der Waals surface area contributed by atoms with Crippen molar-refractivity contribution in [3.05, 3.63) is 12.2 Å². The summed E-state index contributed by atoms with van der Waals surface area (Å²) in [6, 6.07) is -1.37. The first-order valence-corrected chi connectivity index (χ1v) is 9.48. The summed E-state index contributed by atoms with van der Waals surface area (Å²) in [6.45, 7) is 0.508. The zero-order valence-corrected chi connectivity index (χ0v) is 16.7. The van der Waals surface area contributed by atoms with E-state index >= 15 is 0 Å². The Labute approximate surface area is 176 Å². The Kier molecular flexibility index (Phi) is 8.59. The molecule has 0 aliphatic carbocycles. The number of aliphatic hydroxyl groups is 2. The highest BCUT2D eigenvalue weighted by atomic mass is 19.1. The Morgan fingerprint density at radius 1 is 1.19 bits per heavy atom. The van der Waals surface area contributed by atoms with Crippen molar-refractivity contribution in [2.24, 2.45) is 0 Å². The van der Waals surface area contributed by atoms with Crippen molar-refractivity contribution >= 4 is 29.6 Å². The second-order valence-electron chi connectivity index (χ2n) is 6.92. The highest BCUT2D eigenvalue weighted by Crippen LogP contribution is 2.23. The molecule has 0 aromatic carbocycles. The molecule has 5 atom stereocenters. The topological polar surface area (TPSA) is 172 Å². The van der Waals surface area contributed by atoms with Gasteiger partial charge in [-0.3, -0.25) is 28.9 Å². The van der Waals surface area contributed by atoms with Crippen molar-refractivity contribution in [1.82, 2.24) is 15.5 Å². The average molecular weight is 445 g/mol. The highest BCUT2D eigenvalue weighted by Gasteiger charge is 2.46. The summed E-state index contributed by atoms with van der Waals surface area (Å²) in [4.78, 5) is 58.2. The number of carbonyl (C=O) groups excluding carboxylic acids is 5. The van der Waals surface area contributed by atoms with Crippen molar-refractivity contribution in [2.45, 2.75) is 50.5 Å². The maximum absolute atomic E-state index is 14.3. The Morgan fingerprint density at radius 3 is 2.45 bits per heavy atom. The van der Waals surface area contributed by atoms with Crippen LogP contribution in [0.5, 0.6) is 0 Å². The van der Waals surface area contributed by atoms with Gasteiger partial charge in [0.1, 0.15) is 24.9 Å². The molecule has 13 heteroatoms. The molecule has 172 valence electrons. The lowest BCUT2D eigenvalue weighted by molar-refractivity contribution is -0.242. The van der Waals surface area contributed by atoms with Gasteiger partial charge in [0.25, 0.3) is 11.8 Å². The number of nitrogens with zero attached hydrogens (tertiary/aromatic N) is 1. The number of ether oxygens (including phenoxy) is 2. The summed E-state index contributed by atoms with van der Waals surface area (Å²) >= 11 is 0. The first kappa shape index (κ1) is 24.4. The molecule has 4 amide bonds. The van der Waals surface area contributed by atoms with Gasteiger partial charge in [-0.2, -0.15) is 0 Å². The molecule has 0 saturated carbocycles. The fourth-order valence-electron chi connectivity index (χ4n) is 2.96. The van der Waals surface area contributed by atoms with Crippen LogP contribution < -0.4 is 10.6 Å². The lowest BCUT2D eigenvalue weighted by atomic mass is 9.98. The minimum absolute atomic E-state index is 0.0116. The lowest BCUT2D eigenvalue weighted by Crippen LogP contribution is -2.62. The van der Waals surface area contributed by atoms with Crippen molar-refractivity contribution in [3.63, 3.8) is 0 Å². The normalized spacial score (nSPS) is 27.9. The summed E-state index contributed by atoms with van der Waals surface area (Å²) in [7, 11) is 0. The van der Waals surface area contributed by atoms with Gasteiger partial charge in [-0.15, -0.1) is 0 Å². The van der Waals surface area contributed by atoms with Crippen LogP contribution in [0.25, 0.3) is 0 Å². The summed E-state index contributed by atoms with van der Waals surface area (Å²) < 4.78 is 24.0. The van der Waals surface area contributed by atoms with Gasteiger partial charge in [0.05, 0.1) is 6.42 Å². The first-order valence-electron chi connectivity index (χ1n) is 9.48. The van der Waals surface area contributed by atoms with Gasteiger partial charge in [0, 0.05) is 38.6 Å². The van der Waals surface area contributed by atoms with Gasteiger partial charge in [-0.05, 0) is 0 Å². The van der Waals surface area contributed by atoms with Gasteiger partial charge in [-0.25, -0.2) is 4.39 Å². The molecule has 31 heavy (non-hydrogen) atoms. The van der Waals surface area contributed by atoms with Gasteiger partial charge in [0.15, 0.2) is 12.5 Å². The highest BCUT2D eigenvalue weighted by molar-refractivity contribution is 6.12. The van der Waals surface area contributed by atoms with E-state index in [1.807, 2.05) is 0 Å². The van der Waals surface area contributed by atoms with E-state index in [0.29, 0.717) is 0 Å². The van der Waals surface area contributed by atoms with E-state index in [1.165, 1.54) is 0 Å². The standard InChI is InChI=1S/C18H24FN3O9/c1-9(23)21-16-17(28)15(19)10(31-18(16)29)8-30-14(27)5-2-11(24)20-6-7-22-12(25)3-4-13(22)26/h3-4,10,15-18,28-29H,2,5-8H2,1H3,(H,20,24)(H,21,23)/t10-,15-,16?,17+,18?/m1/s1. The summed E-state index contributed by atoms with van der Waals surface area (Å²) in [6.07, 6.45) is -5.32. The SMILES string of the molecule is CC(=O)NC1C(O)O[C@H](COC(=O)CCC(=O)NCCN2C(=O)C=CC2=O)[C@@H](F)[C@@H]1O. The van der Waals surface area contributed by atoms with Gasteiger partial charge in [-0.1, -0.05) is 0 Å². The number of hydrogen-bond acceptors (Lipinski definition) is 9. The molecular formula is C18H24FN3O9. The Bertz CT molecular complexity index is 742. The molecule has 12 nitrogen and oxygen atoms in total. The second kappa shape index (κ2) is 10.9. The average Bonchev–Trinajstić information content (AvgIpc) is 3.03. The number of alkyl halides is 1. The van der Waals surface area contributed by atoms with Crippen LogP contribution in [0.1, 0.15) is 19.8 Å². The molecule has 0 bridgehead atoms. The molecule has 2 rings (SSSR count). The molecule has 0 radical (unpaired) electrons. The number of halogens is 1. The molecule has 4 N–H and O–H groups in total. The monoisotopic (exact) mass is 445 g/mol. The number of amides is 4. The molecule has 0 aromatic heterocycles. The van der Waals surface area contributed by atoms with Gasteiger partial charge >= 0.3 is 5.97 Å². The molecule has 2 unspecified atom stereocenters. The van der Waals surface area contributed by atoms with Crippen molar-refractivity contribution < 1.29 is 48.0 Å². The van der Waals surface area contributed by atoms with E-state index in [0.717, 1.165) is 24.0 Å². The van der Waals surface area contributed by atoms with E-state index in [2.05, 4.69) is 10.6 Å². The van der Waals surface area contributed by atoms with Crippen molar-refractivity contribution in [2.75, 3.05) is 19.7 Å². The van der Waals surface area contributed by atoms with Crippen LogP contribution in [-0.4, -0.2) is 95.1 Å². The second-order valence-corrected chi connectivity index (χ2v) is 6.92. The smallest absolute Gasteiger partial charge is 0.306 e. The Morgan fingerprint density at radius 2 is 1.84 bits per heavy atom. The van der Waals surface area contributed by atoms with Crippen molar-refractivity contribution in [1.29, 1.82) is 0 Å². The molecule has 2 heterocycles. The van der Waals surface area contributed by atoms with Crippen LogP contribution in [-0.2, 0) is 33.4 Å². The molecule has 1 saturated heterocycles. The molecule has 2 aliphatic heterocycles. The lowest BCUT2D eigenvalue weighted by Gasteiger charge is -2.39. The van der Waals surface area contributed by atoms with Crippen molar-refractivity contribution in [3.8, 4) is 0 Å². The van der Waals surface area contributed by atoms with E-state index in [9.17, 15) is 38.6 Å². The van der Waals surface area contributed by atoms with Crippen LogP contribution >= 0.6 is 0 Å². The summed E-state index contributed by atoms with van der Waals surface area (Å²) in [5.41, 5.74) is 0. The predicted molar refractivity (Wildman–Crippen MR) is 98.5 cm³/mol. The number of rotatable bonds is 9. The van der Waals surface area contributed by atoms with E-state index in [4.69, 9.17) is 9.47 Å². The zero-order chi connectivity index (χ0) is 23.1. The minimum atomic E-state index is -2.04. The number of carbonyl (C=O) groups is 5. The Hall–Kier alpha value is -2.90. The minimum Gasteiger partial charge on any atom is -0.463 e. The van der Waals surface area contributed by atoms with Crippen LogP contribution in [0.2, 0.25) is 0 Å². The van der Waals surface area contributed by atoms with E-state index in [-0.39, 0.29) is 25.9 Å². The zero-order valence-electron chi connectivity index (χ0n) is 16.7. The third-order valence-electron chi connectivity index (χ3n) is 4.56. The fourth-order valence-corrected chi connectivity index (χ4v) is 2.96. The summed E-state index contributed by atoms with van der Waals surface area (Å²) in [5, 5.41) is 24.3. The van der Waals surface area contributed by atoms with Crippen LogP contribution in [0.15, 0.2) is 12.2 Å². The van der Waals surface area contributed by atoms with Gasteiger partial charge in [0.2, 0.25) is 11.8 Å². The van der Waals surface area contributed by atoms with E-state index in [1.54, 1.807) is 0 Å². The van der Waals surface area contributed by atoms with Crippen LogP contribution in [0, 0.1) is 0 Å². The maximum Gasteiger partial charge on any atom is 0.306 e. The third kappa shape index (κ3) is 6.80. The number of esters is 1. The predicted octanol–water partition coefficient (Wildman–Crippen LogP) is -2.73. The number of imide groups is 1. The third-order valence-corrected chi connectivity index (χ3v) is 4.56. The van der Waals surface area contributed by atoms with Crippen LogP contribution in [0.4, 0.5) is 4.39 Å². The maximum atomic E-state index is 14.3. The molecule has 2 aliphatic rings. The Balaban J connectivity index is 1.66. The van der Waals surface area contributed by atoms with E-state index < -0.39 is 66.9 Å². The quantitative estimate of drug-likeness (QED) is 0.217. The van der Waals surface area contributed by atoms with Gasteiger partial charge < -0.3 is 30.3 Å². The molecular weight excluding hydrogens is 421 g/mol. The molecule has 0 spiro atoms. The number of hydrogen-bond donors (Lipinski definition) is 4. The largest absolute Gasteiger partial charge is 0.463 e. The van der Waals surface area contributed by atoms with Crippen LogP contribution in [0.3, 0.4) is 0 Å². The number of nitrogens with one attached hydrogen (secondary N) is 2. The molecule has 0 aromatic rings. The molecule has 1 fully saturated rings. The number of aliphatic hydroxyl groups excluding tert-OH is 2. The first-order chi connectivity index (χ1) is 14.6.